The largest absolute Gasteiger partial charge is 0.326 e. The van der Waals surface area contributed by atoms with Crippen LogP contribution in [0.3, 0.4) is 0 Å². The lowest BCUT2D eigenvalue weighted by Gasteiger charge is -2.17. The molecule has 0 unspecified atom stereocenters. The van der Waals surface area contributed by atoms with E-state index in [1.807, 2.05) is 42.5 Å². The molecule has 0 heterocycles. The number of amides is 2. The van der Waals surface area contributed by atoms with Crippen LogP contribution in [-0.2, 0) is 9.59 Å². The molecule has 0 aliphatic heterocycles. The molecule has 30 heavy (non-hydrogen) atoms. The lowest BCUT2D eigenvalue weighted by molar-refractivity contribution is -0.116. The monoisotopic (exact) mass is 418 g/mol. The number of ketones is 1. The fourth-order valence-electron chi connectivity index (χ4n) is 2.88. The van der Waals surface area contributed by atoms with Gasteiger partial charge in [0.25, 0.3) is 0 Å². The average molecular weight is 419 g/mol. The van der Waals surface area contributed by atoms with E-state index in [1.165, 1.54) is 25.6 Å². The maximum absolute atomic E-state index is 13.1. The summed E-state index contributed by atoms with van der Waals surface area (Å²) in [4.78, 5) is 36.9. The number of Topliss-reactive ketones (excluding diaryl/α,β-unsaturated/α-hetero) is 1. The first kappa shape index (κ1) is 21.3. The number of carbonyl (C=O) groups excluding carboxylic acids is 3. The van der Waals surface area contributed by atoms with Gasteiger partial charge in [-0.25, -0.2) is 0 Å². The van der Waals surface area contributed by atoms with Crippen LogP contribution in [0.4, 0.5) is 11.4 Å². The van der Waals surface area contributed by atoms with E-state index in [-0.39, 0.29) is 17.6 Å². The first-order valence-electron chi connectivity index (χ1n) is 9.43. The van der Waals surface area contributed by atoms with Crippen molar-refractivity contribution in [3.63, 3.8) is 0 Å². The van der Waals surface area contributed by atoms with Gasteiger partial charge in [0.05, 0.1) is 0 Å². The molecular weight excluding hydrogens is 396 g/mol. The SMILES string of the molecule is CC(=O)Nc1ccc(S[C@H](C(=O)Nc2cccc(C(C)=O)c2)c2ccccc2)cc1. The molecule has 0 bridgehead atoms. The summed E-state index contributed by atoms with van der Waals surface area (Å²) >= 11 is 1.42. The van der Waals surface area contributed by atoms with Gasteiger partial charge >= 0.3 is 0 Å². The van der Waals surface area contributed by atoms with Crippen LogP contribution >= 0.6 is 11.8 Å². The second-order valence-electron chi connectivity index (χ2n) is 6.74. The molecule has 0 saturated carbocycles. The van der Waals surface area contributed by atoms with Crippen molar-refractivity contribution in [2.24, 2.45) is 0 Å². The molecule has 0 radical (unpaired) electrons. The Hall–Kier alpha value is -3.38. The number of benzene rings is 3. The first-order valence-corrected chi connectivity index (χ1v) is 10.3. The van der Waals surface area contributed by atoms with Gasteiger partial charge in [0.15, 0.2) is 5.78 Å². The Balaban J connectivity index is 1.82. The molecular formula is C24H22N2O3S. The maximum atomic E-state index is 13.1. The Bertz CT molecular complexity index is 1050. The van der Waals surface area contributed by atoms with Gasteiger partial charge < -0.3 is 10.6 Å². The van der Waals surface area contributed by atoms with Gasteiger partial charge in [0.1, 0.15) is 5.25 Å². The third-order valence-corrected chi connectivity index (χ3v) is 5.57. The summed E-state index contributed by atoms with van der Waals surface area (Å²) in [6.07, 6.45) is 0. The highest BCUT2D eigenvalue weighted by atomic mass is 32.2. The molecule has 3 rings (SSSR count). The van der Waals surface area contributed by atoms with Crippen molar-refractivity contribution >= 4 is 40.7 Å². The molecule has 0 aliphatic rings. The molecule has 5 nitrogen and oxygen atoms in total. The van der Waals surface area contributed by atoms with Crippen molar-refractivity contribution in [2.75, 3.05) is 10.6 Å². The third-order valence-electron chi connectivity index (χ3n) is 4.31. The summed E-state index contributed by atoms with van der Waals surface area (Å²) in [5.74, 6) is -0.373. The summed E-state index contributed by atoms with van der Waals surface area (Å²) < 4.78 is 0. The predicted octanol–water partition coefficient (Wildman–Crippen LogP) is 5.32. The minimum atomic E-state index is -0.487. The smallest absolute Gasteiger partial charge is 0.242 e. The van der Waals surface area contributed by atoms with Gasteiger partial charge in [0.2, 0.25) is 11.8 Å². The number of thioether (sulfide) groups is 1. The van der Waals surface area contributed by atoms with Gasteiger partial charge in [-0.05, 0) is 48.9 Å². The number of carbonyl (C=O) groups is 3. The van der Waals surface area contributed by atoms with E-state index in [0.29, 0.717) is 16.9 Å². The van der Waals surface area contributed by atoms with Gasteiger partial charge in [-0.2, -0.15) is 0 Å². The first-order chi connectivity index (χ1) is 14.4. The second kappa shape index (κ2) is 9.89. The predicted molar refractivity (Wildman–Crippen MR) is 121 cm³/mol. The van der Waals surface area contributed by atoms with Crippen LogP contribution in [0.25, 0.3) is 0 Å². The average Bonchev–Trinajstić information content (AvgIpc) is 2.73. The number of hydrogen-bond acceptors (Lipinski definition) is 4. The molecule has 2 N–H and O–H groups in total. The fourth-order valence-corrected chi connectivity index (χ4v) is 3.91. The topological polar surface area (TPSA) is 75.3 Å². The standard InChI is InChI=1S/C24H22N2O3S/c1-16(27)19-9-6-10-21(15-19)26-24(29)23(18-7-4-3-5-8-18)30-22-13-11-20(12-14-22)25-17(2)28/h3-15,23H,1-2H3,(H,25,28)(H,26,29)/t23-/m0/s1. The van der Waals surface area contributed by atoms with Crippen LogP contribution in [0, 0.1) is 0 Å². The van der Waals surface area contributed by atoms with Gasteiger partial charge in [0, 0.05) is 28.8 Å². The molecule has 0 aliphatic carbocycles. The molecule has 0 aromatic heterocycles. The van der Waals surface area contributed by atoms with Gasteiger partial charge in [-0.3, -0.25) is 14.4 Å². The minimum Gasteiger partial charge on any atom is -0.326 e. The molecule has 0 saturated heterocycles. The van der Waals surface area contributed by atoms with Crippen molar-refractivity contribution in [1.82, 2.24) is 0 Å². The number of anilines is 2. The summed E-state index contributed by atoms with van der Waals surface area (Å²) in [5.41, 5.74) is 2.70. The zero-order valence-corrected chi connectivity index (χ0v) is 17.5. The van der Waals surface area contributed by atoms with E-state index in [0.717, 1.165) is 10.5 Å². The van der Waals surface area contributed by atoms with E-state index in [1.54, 1.807) is 36.4 Å². The second-order valence-corrected chi connectivity index (χ2v) is 7.92. The van der Waals surface area contributed by atoms with E-state index < -0.39 is 5.25 Å². The Morgan fingerprint density at radius 3 is 2.10 bits per heavy atom. The Kier molecular flexibility index (Phi) is 7.03. The number of nitrogens with one attached hydrogen (secondary N) is 2. The lowest BCUT2D eigenvalue weighted by Crippen LogP contribution is -2.19. The molecule has 1 atom stereocenters. The summed E-state index contributed by atoms with van der Waals surface area (Å²) in [6, 6.07) is 23.8. The molecule has 0 spiro atoms. The number of hydrogen-bond donors (Lipinski definition) is 2. The third kappa shape index (κ3) is 5.81. The van der Waals surface area contributed by atoms with Gasteiger partial charge in [-0.15, -0.1) is 11.8 Å². The van der Waals surface area contributed by atoms with Crippen molar-refractivity contribution < 1.29 is 14.4 Å². The highest BCUT2D eigenvalue weighted by Gasteiger charge is 2.22. The normalized spacial score (nSPS) is 11.4. The van der Waals surface area contributed by atoms with E-state index >= 15 is 0 Å². The highest BCUT2D eigenvalue weighted by Crippen LogP contribution is 2.36. The minimum absolute atomic E-state index is 0.0562. The molecule has 152 valence electrons. The van der Waals surface area contributed by atoms with Crippen molar-refractivity contribution in [2.45, 2.75) is 24.0 Å². The van der Waals surface area contributed by atoms with Crippen LogP contribution in [-0.4, -0.2) is 17.6 Å². The number of rotatable bonds is 7. The summed E-state index contributed by atoms with van der Waals surface area (Å²) in [7, 11) is 0. The fraction of sp³-hybridized carbons (Fsp3) is 0.125. The van der Waals surface area contributed by atoms with E-state index in [4.69, 9.17) is 0 Å². The van der Waals surface area contributed by atoms with Gasteiger partial charge in [-0.1, -0.05) is 42.5 Å². The van der Waals surface area contributed by atoms with Crippen LogP contribution in [0.1, 0.15) is 35.0 Å². The summed E-state index contributed by atoms with van der Waals surface area (Å²) in [5, 5.41) is 5.17. The Morgan fingerprint density at radius 1 is 0.767 bits per heavy atom. The van der Waals surface area contributed by atoms with Crippen molar-refractivity contribution in [3.05, 3.63) is 90.0 Å². The van der Waals surface area contributed by atoms with Crippen LogP contribution in [0.15, 0.2) is 83.8 Å². The zero-order valence-electron chi connectivity index (χ0n) is 16.7. The van der Waals surface area contributed by atoms with Crippen molar-refractivity contribution in [1.29, 1.82) is 0 Å². The molecule has 0 fully saturated rings. The Morgan fingerprint density at radius 2 is 1.47 bits per heavy atom. The van der Waals surface area contributed by atoms with Crippen molar-refractivity contribution in [3.8, 4) is 0 Å². The molecule has 2 amide bonds. The van der Waals surface area contributed by atoms with E-state index in [9.17, 15) is 14.4 Å². The molecule has 3 aromatic carbocycles. The van der Waals surface area contributed by atoms with Crippen LogP contribution < -0.4 is 10.6 Å². The van der Waals surface area contributed by atoms with Crippen LogP contribution in [0.5, 0.6) is 0 Å². The van der Waals surface area contributed by atoms with E-state index in [2.05, 4.69) is 10.6 Å². The summed E-state index contributed by atoms with van der Waals surface area (Å²) in [6.45, 7) is 2.95. The molecule has 6 heteroatoms. The Labute approximate surface area is 179 Å². The lowest BCUT2D eigenvalue weighted by atomic mass is 10.1. The zero-order chi connectivity index (χ0) is 21.5. The molecule has 3 aromatic rings. The highest BCUT2D eigenvalue weighted by molar-refractivity contribution is 8.00. The quantitative estimate of drug-likeness (QED) is 0.402. The maximum Gasteiger partial charge on any atom is 0.242 e. The van der Waals surface area contributed by atoms with Crippen LogP contribution in [0.2, 0.25) is 0 Å².